The number of nitrogens with one attached hydrogen (secondary N) is 1. The van der Waals surface area contributed by atoms with Gasteiger partial charge in [0.05, 0.1) is 5.51 Å². The van der Waals surface area contributed by atoms with Crippen LogP contribution >= 0.6 is 27.3 Å². The van der Waals surface area contributed by atoms with E-state index in [1.165, 1.54) is 11.3 Å². The SMILES string of the molecule is C#CCCNC(=O)c1scnc1Br. The van der Waals surface area contributed by atoms with E-state index in [1.807, 2.05) is 0 Å². The number of amides is 1. The first kappa shape index (κ1) is 10.2. The summed E-state index contributed by atoms with van der Waals surface area (Å²) in [5.74, 6) is 2.31. The second kappa shape index (κ2) is 5.00. The minimum atomic E-state index is -0.135. The van der Waals surface area contributed by atoms with Crippen molar-refractivity contribution in [1.82, 2.24) is 10.3 Å². The van der Waals surface area contributed by atoms with Gasteiger partial charge in [0.15, 0.2) is 0 Å². The summed E-state index contributed by atoms with van der Waals surface area (Å²) in [5, 5.41) is 2.69. The van der Waals surface area contributed by atoms with Gasteiger partial charge in [0.25, 0.3) is 5.91 Å². The van der Waals surface area contributed by atoms with Crippen molar-refractivity contribution < 1.29 is 4.79 Å². The van der Waals surface area contributed by atoms with Gasteiger partial charge >= 0.3 is 0 Å². The predicted molar refractivity (Wildman–Crippen MR) is 55.6 cm³/mol. The average molecular weight is 259 g/mol. The first-order chi connectivity index (χ1) is 6.25. The van der Waals surface area contributed by atoms with E-state index in [2.05, 4.69) is 32.2 Å². The summed E-state index contributed by atoms with van der Waals surface area (Å²) in [6, 6.07) is 0. The number of hydrogen-bond acceptors (Lipinski definition) is 3. The lowest BCUT2D eigenvalue weighted by atomic mass is 10.4. The highest BCUT2D eigenvalue weighted by atomic mass is 79.9. The molecule has 0 aliphatic carbocycles. The maximum Gasteiger partial charge on any atom is 0.264 e. The number of halogens is 1. The van der Waals surface area contributed by atoms with Crippen LogP contribution in [0.5, 0.6) is 0 Å². The number of thiazole rings is 1. The van der Waals surface area contributed by atoms with Crippen molar-refractivity contribution in [2.45, 2.75) is 6.42 Å². The Kier molecular flexibility index (Phi) is 3.93. The number of terminal acetylenes is 1. The molecule has 1 rings (SSSR count). The Hall–Kier alpha value is -0.860. The van der Waals surface area contributed by atoms with E-state index in [0.29, 0.717) is 22.4 Å². The molecule has 0 bridgehead atoms. The summed E-state index contributed by atoms with van der Waals surface area (Å²) in [7, 11) is 0. The molecule has 3 nitrogen and oxygen atoms in total. The lowest BCUT2D eigenvalue weighted by molar-refractivity contribution is 0.0957. The average Bonchev–Trinajstić information content (AvgIpc) is 2.52. The summed E-state index contributed by atoms with van der Waals surface area (Å²) in [6.07, 6.45) is 5.59. The minimum Gasteiger partial charge on any atom is -0.350 e. The predicted octanol–water partition coefficient (Wildman–Crippen LogP) is 1.66. The molecule has 68 valence electrons. The molecule has 1 heterocycles. The standard InChI is InChI=1S/C8H7BrN2OS/c1-2-3-4-10-8(12)6-7(9)11-5-13-6/h1,5H,3-4H2,(H,10,12). The van der Waals surface area contributed by atoms with Gasteiger partial charge in [-0.2, -0.15) is 0 Å². The molecule has 0 fully saturated rings. The summed E-state index contributed by atoms with van der Waals surface area (Å²) < 4.78 is 0.579. The number of carbonyl (C=O) groups excluding carboxylic acids is 1. The van der Waals surface area contributed by atoms with Gasteiger partial charge in [0.2, 0.25) is 0 Å². The van der Waals surface area contributed by atoms with Crippen LogP contribution in [0.4, 0.5) is 0 Å². The van der Waals surface area contributed by atoms with E-state index in [-0.39, 0.29) is 5.91 Å². The lowest BCUT2D eigenvalue weighted by Crippen LogP contribution is -2.23. The zero-order valence-electron chi connectivity index (χ0n) is 6.71. The Morgan fingerprint density at radius 3 is 3.15 bits per heavy atom. The highest BCUT2D eigenvalue weighted by Gasteiger charge is 2.11. The maximum absolute atomic E-state index is 11.4. The fourth-order valence-electron chi connectivity index (χ4n) is 0.708. The number of aromatic nitrogens is 1. The van der Waals surface area contributed by atoms with Gasteiger partial charge in [-0.05, 0) is 15.9 Å². The third-order valence-electron chi connectivity index (χ3n) is 1.29. The van der Waals surface area contributed by atoms with E-state index in [1.54, 1.807) is 5.51 Å². The highest BCUT2D eigenvalue weighted by Crippen LogP contribution is 2.18. The first-order valence-corrected chi connectivity index (χ1v) is 5.23. The van der Waals surface area contributed by atoms with Crippen LogP contribution in [0, 0.1) is 12.3 Å². The smallest absolute Gasteiger partial charge is 0.264 e. The lowest BCUT2D eigenvalue weighted by Gasteiger charge is -1.99. The van der Waals surface area contributed by atoms with Crippen molar-refractivity contribution in [3.63, 3.8) is 0 Å². The molecule has 0 aromatic carbocycles. The van der Waals surface area contributed by atoms with Gasteiger partial charge in [0, 0.05) is 13.0 Å². The summed E-state index contributed by atoms with van der Waals surface area (Å²) >= 11 is 4.47. The van der Waals surface area contributed by atoms with Gasteiger partial charge in [-0.15, -0.1) is 23.7 Å². The maximum atomic E-state index is 11.4. The molecule has 1 amide bonds. The fraction of sp³-hybridized carbons (Fsp3) is 0.250. The molecule has 0 aliphatic heterocycles. The Morgan fingerprint density at radius 2 is 2.62 bits per heavy atom. The largest absolute Gasteiger partial charge is 0.350 e. The van der Waals surface area contributed by atoms with Crippen molar-refractivity contribution in [3.05, 3.63) is 15.0 Å². The number of nitrogens with zero attached hydrogens (tertiary/aromatic N) is 1. The van der Waals surface area contributed by atoms with Crippen LogP contribution < -0.4 is 5.32 Å². The first-order valence-electron chi connectivity index (χ1n) is 3.56. The molecular formula is C8H7BrN2OS. The van der Waals surface area contributed by atoms with Crippen LogP contribution in [0.2, 0.25) is 0 Å². The van der Waals surface area contributed by atoms with Gasteiger partial charge in [-0.1, -0.05) is 0 Å². The van der Waals surface area contributed by atoms with Crippen LogP contribution in [-0.4, -0.2) is 17.4 Å². The summed E-state index contributed by atoms with van der Waals surface area (Å²) in [6.45, 7) is 0.500. The highest BCUT2D eigenvalue weighted by molar-refractivity contribution is 9.10. The van der Waals surface area contributed by atoms with Gasteiger partial charge < -0.3 is 5.32 Å². The quantitative estimate of drug-likeness (QED) is 0.662. The van der Waals surface area contributed by atoms with Crippen LogP contribution in [0.25, 0.3) is 0 Å². The zero-order valence-corrected chi connectivity index (χ0v) is 9.11. The van der Waals surface area contributed by atoms with E-state index in [0.717, 1.165) is 0 Å². The monoisotopic (exact) mass is 258 g/mol. The molecule has 0 saturated carbocycles. The molecule has 1 aromatic rings. The summed E-state index contributed by atoms with van der Waals surface area (Å²) in [5.41, 5.74) is 1.61. The van der Waals surface area contributed by atoms with Crippen molar-refractivity contribution >= 4 is 33.2 Å². The van der Waals surface area contributed by atoms with Gasteiger partial charge in [0.1, 0.15) is 9.48 Å². The Labute approximate surface area is 88.7 Å². The Bertz CT molecular complexity index is 342. The molecule has 0 spiro atoms. The van der Waals surface area contributed by atoms with Crippen molar-refractivity contribution in [2.75, 3.05) is 6.54 Å². The van der Waals surface area contributed by atoms with Crippen LogP contribution in [0.3, 0.4) is 0 Å². The second-order valence-electron chi connectivity index (χ2n) is 2.18. The van der Waals surface area contributed by atoms with E-state index < -0.39 is 0 Å². The van der Waals surface area contributed by atoms with Crippen molar-refractivity contribution in [1.29, 1.82) is 0 Å². The third kappa shape index (κ3) is 2.83. The second-order valence-corrected chi connectivity index (χ2v) is 3.79. The Morgan fingerprint density at radius 1 is 1.85 bits per heavy atom. The van der Waals surface area contributed by atoms with Crippen LogP contribution in [0.15, 0.2) is 10.1 Å². The molecule has 1 N–H and O–H groups in total. The normalized spacial score (nSPS) is 9.23. The molecule has 0 atom stereocenters. The topological polar surface area (TPSA) is 42.0 Å². The molecule has 0 saturated heterocycles. The molecular weight excluding hydrogens is 252 g/mol. The zero-order chi connectivity index (χ0) is 9.68. The minimum absolute atomic E-state index is 0.135. The molecule has 13 heavy (non-hydrogen) atoms. The van der Waals surface area contributed by atoms with E-state index >= 15 is 0 Å². The number of rotatable bonds is 3. The third-order valence-corrected chi connectivity index (χ3v) is 2.97. The molecule has 1 aromatic heterocycles. The van der Waals surface area contributed by atoms with Crippen LogP contribution in [-0.2, 0) is 0 Å². The van der Waals surface area contributed by atoms with Crippen molar-refractivity contribution in [2.24, 2.45) is 0 Å². The van der Waals surface area contributed by atoms with Crippen LogP contribution in [0.1, 0.15) is 16.1 Å². The Balaban J connectivity index is 2.50. The molecule has 0 unspecified atom stereocenters. The van der Waals surface area contributed by atoms with Gasteiger partial charge in [-0.25, -0.2) is 4.98 Å². The fourth-order valence-corrected chi connectivity index (χ4v) is 2.00. The van der Waals surface area contributed by atoms with Crippen molar-refractivity contribution in [3.8, 4) is 12.3 Å². The molecule has 0 radical (unpaired) electrons. The van der Waals surface area contributed by atoms with E-state index in [4.69, 9.17) is 6.42 Å². The molecule has 5 heteroatoms. The number of hydrogen-bond donors (Lipinski definition) is 1. The van der Waals surface area contributed by atoms with Gasteiger partial charge in [-0.3, -0.25) is 4.79 Å². The molecule has 0 aliphatic rings. The summed E-state index contributed by atoms with van der Waals surface area (Å²) in [4.78, 5) is 15.8. The van der Waals surface area contributed by atoms with E-state index in [9.17, 15) is 4.79 Å². The number of carbonyl (C=O) groups is 1.